The fourth-order valence-corrected chi connectivity index (χ4v) is 4.22. The van der Waals surface area contributed by atoms with Crippen molar-refractivity contribution in [3.8, 4) is 50.3 Å². The first-order valence-corrected chi connectivity index (χ1v) is 10.6. The lowest BCUT2D eigenvalue weighted by Crippen LogP contribution is -1.98. The number of hydrogen-bond acceptors (Lipinski definition) is 2. The second-order valence-electron chi connectivity index (χ2n) is 7.61. The highest BCUT2D eigenvalue weighted by Crippen LogP contribution is 2.49. The number of hydrogen-bond donors (Lipinski definition) is 1. The second-order valence-corrected chi connectivity index (χ2v) is 7.61. The van der Waals surface area contributed by atoms with E-state index in [1.54, 1.807) is 0 Å². The zero-order valence-electron chi connectivity index (χ0n) is 17.5. The summed E-state index contributed by atoms with van der Waals surface area (Å²) in [5.41, 5.74) is 7.79. The molecule has 0 saturated heterocycles. The van der Waals surface area contributed by atoms with Crippen LogP contribution in [0.1, 0.15) is 0 Å². The molecule has 0 bridgehead atoms. The lowest BCUT2D eigenvalue weighted by molar-refractivity contribution is -0.136. The van der Waals surface area contributed by atoms with Crippen LogP contribution in [0.2, 0.25) is 0 Å². The molecular formula is C30H22O2. The normalized spacial score (nSPS) is 10.7. The Morgan fingerprint density at radius 2 is 0.719 bits per heavy atom. The summed E-state index contributed by atoms with van der Waals surface area (Å²) in [6.45, 7) is 0. The van der Waals surface area contributed by atoms with Gasteiger partial charge in [-0.2, -0.15) is 0 Å². The van der Waals surface area contributed by atoms with Crippen molar-refractivity contribution in [2.45, 2.75) is 0 Å². The molecule has 5 rings (SSSR count). The standard InChI is InChI=1S/C30H22O2/c31-32-30-28(24-17-9-3-10-18-24)26(22-13-5-1-6-14-22)21-27(23-15-7-2-8-16-23)29(30)25-19-11-4-12-20-25/h1-21,31H. The van der Waals surface area contributed by atoms with Gasteiger partial charge in [0.25, 0.3) is 0 Å². The highest BCUT2D eigenvalue weighted by molar-refractivity contribution is 6.00. The van der Waals surface area contributed by atoms with Crippen LogP contribution in [0.15, 0.2) is 127 Å². The van der Waals surface area contributed by atoms with Gasteiger partial charge >= 0.3 is 0 Å². The minimum Gasteiger partial charge on any atom is -0.339 e. The Hall–Kier alpha value is -4.14. The molecule has 0 fully saturated rings. The Kier molecular flexibility index (Phi) is 5.52. The Bertz CT molecular complexity index is 1210. The summed E-state index contributed by atoms with van der Waals surface area (Å²) >= 11 is 0. The van der Waals surface area contributed by atoms with E-state index in [1.807, 2.05) is 97.1 Å². The second kappa shape index (κ2) is 8.93. The van der Waals surface area contributed by atoms with Gasteiger partial charge in [-0.25, -0.2) is 5.26 Å². The summed E-state index contributed by atoms with van der Waals surface area (Å²) < 4.78 is 0. The fourth-order valence-electron chi connectivity index (χ4n) is 4.22. The van der Waals surface area contributed by atoms with Crippen LogP contribution in [0.25, 0.3) is 44.5 Å². The quantitative estimate of drug-likeness (QED) is 0.232. The molecule has 0 saturated carbocycles. The maximum Gasteiger partial charge on any atom is 0.181 e. The van der Waals surface area contributed by atoms with Gasteiger partial charge in [0, 0.05) is 11.1 Å². The Morgan fingerprint density at radius 1 is 0.406 bits per heavy atom. The van der Waals surface area contributed by atoms with E-state index in [2.05, 4.69) is 30.3 Å². The average molecular weight is 415 g/mol. The predicted molar refractivity (Wildman–Crippen MR) is 131 cm³/mol. The van der Waals surface area contributed by atoms with Crippen LogP contribution < -0.4 is 4.89 Å². The van der Waals surface area contributed by atoms with Crippen LogP contribution in [0.3, 0.4) is 0 Å². The largest absolute Gasteiger partial charge is 0.339 e. The molecule has 154 valence electrons. The SMILES string of the molecule is OOc1c(-c2ccccc2)c(-c2ccccc2)cc(-c2ccccc2)c1-c1ccccc1. The summed E-state index contributed by atoms with van der Waals surface area (Å²) in [7, 11) is 0. The smallest absolute Gasteiger partial charge is 0.181 e. The molecule has 0 aliphatic heterocycles. The molecule has 1 N–H and O–H groups in total. The van der Waals surface area contributed by atoms with Gasteiger partial charge in [-0.05, 0) is 39.4 Å². The third kappa shape index (κ3) is 3.68. The van der Waals surface area contributed by atoms with E-state index in [0.717, 1.165) is 44.5 Å². The van der Waals surface area contributed by atoms with Crippen molar-refractivity contribution in [3.63, 3.8) is 0 Å². The van der Waals surface area contributed by atoms with Crippen molar-refractivity contribution in [2.75, 3.05) is 0 Å². The molecule has 0 amide bonds. The predicted octanol–water partition coefficient (Wildman–Crippen LogP) is 8.21. The average Bonchev–Trinajstić information content (AvgIpc) is 2.89. The lowest BCUT2D eigenvalue weighted by atomic mass is 9.84. The van der Waals surface area contributed by atoms with E-state index in [-0.39, 0.29) is 0 Å². The fraction of sp³-hybridized carbons (Fsp3) is 0. The molecule has 0 spiro atoms. The monoisotopic (exact) mass is 414 g/mol. The van der Waals surface area contributed by atoms with Gasteiger partial charge in [0.15, 0.2) is 5.75 Å². The zero-order chi connectivity index (χ0) is 21.8. The van der Waals surface area contributed by atoms with Crippen LogP contribution in [0.5, 0.6) is 5.75 Å². The van der Waals surface area contributed by atoms with Crippen LogP contribution in [0.4, 0.5) is 0 Å². The Balaban J connectivity index is 1.94. The van der Waals surface area contributed by atoms with Crippen LogP contribution in [-0.2, 0) is 0 Å². The zero-order valence-corrected chi connectivity index (χ0v) is 17.5. The number of benzene rings is 5. The van der Waals surface area contributed by atoms with Gasteiger partial charge in [0.2, 0.25) is 0 Å². The molecule has 0 aromatic heterocycles. The minimum absolute atomic E-state index is 0.447. The first kappa shape index (κ1) is 19.8. The molecule has 2 nitrogen and oxygen atoms in total. The minimum atomic E-state index is 0.447. The van der Waals surface area contributed by atoms with Gasteiger partial charge in [0.1, 0.15) is 0 Å². The van der Waals surface area contributed by atoms with Crippen molar-refractivity contribution >= 4 is 0 Å². The number of rotatable bonds is 5. The third-order valence-electron chi connectivity index (χ3n) is 5.67. The molecule has 32 heavy (non-hydrogen) atoms. The van der Waals surface area contributed by atoms with Gasteiger partial charge in [-0.1, -0.05) is 121 Å². The molecule has 2 heteroatoms. The molecule has 0 aliphatic carbocycles. The third-order valence-corrected chi connectivity index (χ3v) is 5.67. The molecule has 0 unspecified atom stereocenters. The first-order chi connectivity index (χ1) is 15.9. The lowest BCUT2D eigenvalue weighted by Gasteiger charge is -2.21. The first-order valence-electron chi connectivity index (χ1n) is 10.6. The van der Waals surface area contributed by atoms with E-state index >= 15 is 0 Å². The Morgan fingerprint density at radius 3 is 1.03 bits per heavy atom. The maximum atomic E-state index is 10.3. The Labute approximate surface area is 187 Å². The van der Waals surface area contributed by atoms with Crippen molar-refractivity contribution in [2.24, 2.45) is 0 Å². The maximum absolute atomic E-state index is 10.3. The van der Waals surface area contributed by atoms with Crippen molar-refractivity contribution in [1.82, 2.24) is 0 Å². The van der Waals surface area contributed by atoms with Crippen molar-refractivity contribution in [3.05, 3.63) is 127 Å². The van der Waals surface area contributed by atoms with Crippen LogP contribution in [-0.4, -0.2) is 5.26 Å². The molecule has 0 atom stereocenters. The summed E-state index contributed by atoms with van der Waals surface area (Å²) in [6, 6.07) is 42.8. The van der Waals surface area contributed by atoms with E-state index in [1.165, 1.54) is 0 Å². The topological polar surface area (TPSA) is 29.5 Å². The van der Waals surface area contributed by atoms with E-state index in [4.69, 9.17) is 4.89 Å². The summed E-state index contributed by atoms with van der Waals surface area (Å²) in [4.78, 5) is 5.21. The van der Waals surface area contributed by atoms with Crippen molar-refractivity contribution < 1.29 is 10.1 Å². The molecular weight excluding hydrogens is 392 g/mol. The highest BCUT2D eigenvalue weighted by Gasteiger charge is 2.24. The van der Waals surface area contributed by atoms with Crippen molar-refractivity contribution in [1.29, 1.82) is 0 Å². The van der Waals surface area contributed by atoms with E-state index in [9.17, 15) is 5.26 Å². The molecule has 0 heterocycles. The summed E-state index contributed by atoms with van der Waals surface area (Å²) in [6.07, 6.45) is 0. The summed E-state index contributed by atoms with van der Waals surface area (Å²) in [5.74, 6) is 0.447. The van der Waals surface area contributed by atoms with E-state index in [0.29, 0.717) is 5.75 Å². The van der Waals surface area contributed by atoms with Gasteiger partial charge in [-0.15, -0.1) is 0 Å². The highest BCUT2D eigenvalue weighted by atomic mass is 17.1. The summed E-state index contributed by atoms with van der Waals surface area (Å²) in [5, 5.41) is 10.3. The molecule has 0 aliphatic rings. The van der Waals surface area contributed by atoms with Crippen LogP contribution >= 0.6 is 0 Å². The molecule has 0 radical (unpaired) electrons. The van der Waals surface area contributed by atoms with Gasteiger partial charge < -0.3 is 4.89 Å². The van der Waals surface area contributed by atoms with E-state index < -0.39 is 0 Å². The molecule has 5 aromatic rings. The molecule has 5 aromatic carbocycles. The van der Waals surface area contributed by atoms with Crippen LogP contribution in [0, 0.1) is 0 Å². The van der Waals surface area contributed by atoms with Gasteiger partial charge in [-0.3, -0.25) is 0 Å². The van der Waals surface area contributed by atoms with Gasteiger partial charge in [0.05, 0.1) is 0 Å².